The molecule has 2 rings (SSSR count). The zero-order valence-electron chi connectivity index (χ0n) is 13.0. The van der Waals surface area contributed by atoms with Crippen LogP contribution < -0.4 is 4.74 Å². The maximum Gasteiger partial charge on any atom is 0.217 e. The number of rotatable bonds is 7. The van der Waals surface area contributed by atoms with Crippen LogP contribution >= 0.6 is 0 Å². The monoisotopic (exact) mass is 289 g/mol. The third kappa shape index (κ3) is 4.06. The van der Waals surface area contributed by atoms with E-state index in [0.717, 1.165) is 42.4 Å². The van der Waals surface area contributed by atoms with Crippen LogP contribution in [0, 0.1) is 0 Å². The second-order valence-corrected chi connectivity index (χ2v) is 5.95. The molecule has 0 aliphatic carbocycles. The summed E-state index contributed by atoms with van der Waals surface area (Å²) >= 11 is 0. The Morgan fingerprint density at radius 3 is 2.81 bits per heavy atom. The van der Waals surface area contributed by atoms with E-state index in [9.17, 15) is 4.79 Å². The van der Waals surface area contributed by atoms with E-state index in [1.54, 1.807) is 7.11 Å². The first-order valence-corrected chi connectivity index (χ1v) is 7.39. The molecule has 0 atom stereocenters. The number of aryl methyl sites for hydroxylation is 1. The largest absolute Gasteiger partial charge is 0.497 e. The molecule has 4 heteroatoms. The summed E-state index contributed by atoms with van der Waals surface area (Å²) in [6.07, 6.45) is 4.35. The van der Waals surface area contributed by atoms with E-state index in [2.05, 4.69) is 18.8 Å². The molecular formula is C17H23NO3. The van der Waals surface area contributed by atoms with Gasteiger partial charge >= 0.3 is 0 Å². The second kappa shape index (κ2) is 6.74. The molecular weight excluding hydrogens is 266 g/mol. The molecule has 4 nitrogen and oxygen atoms in total. The lowest BCUT2D eigenvalue weighted by Crippen LogP contribution is -2.17. The van der Waals surface area contributed by atoms with Crippen LogP contribution in [-0.4, -0.2) is 31.4 Å². The van der Waals surface area contributed by atoms with E-state index < -0.39 is 0 Å². The third-order valence-corrected chi connectivity index (χ3v) is 3.53. The SMILES string of the molecule is COc1ccc(C2=NC(C)(C)CO2)c(CCCCC=O)c1. The van der Waals surface area contributed by atoms with Gasteiger partial charge in [-0.05, 0) is 56.9 Å². The summed E-state index contributed by atoms with van der Waals surface area (Å²) in [4.78, 5) is 15.1. The Hall–Kier alpha value is -1.84. The molecule has 0 N–H and O–H groups in total. The first kappa shape index (κ1) is 15.5. The van der Waals surface area contributed by atoms with Gasteiger partial charge in [0.25, 0.3) is 0 Å². The van der Waals surface area contributed by atoms with E-state index in [4.69, 9.17) is 9.47 Å². The van der Waals surface area contributed by atoms with Crippen molar-refractivity contribution in [2.24, 2.45) is 4.99 Å². The van der Waals surface area contributed by atoms with Crippen molar-refractivity contribution in [1.29, 1.82) is 0 Å². The molecule has 1 aromatic carbocycles. The van der Waals surface area contributed by atoms with Gasteiger partial charge in [-0.1, -0.05) is 0 Å². The lowest BCUT2D eigenvalue weighted by molar-refractivity contribution is -0.107. The number of aliphatic imine (C=N–C) groups is 1. The molecule has 0 saturated heterocycles. The van der Waals surface area contributed by atoms with Crippen LogP contribution in [0.2, 0.25) is 0 Å². The number of unbranched alkanes of at least 4 members (excludes halogenated alkanes) is 2. The van der Waals surface area contributed by atoms with Crippen LogP contribution in [0.3, 0.4) is 0 Å². The minimum absolute atomic E-state index is 0.163. The maximum absolute atomic E-state index is 10.4. The van der Waals surface area contributed by atoms with Crippen molar-refractivity contribution >= 4 is 12.2 Å². The van der Waals surface area contributed by atoms with Crippen LogP contribution in [0.15, 0.2) is 23.2 Å². The summed E-state index contributed by atoms with van der Waals surface area (Å²) in [5.41, 5.74) is 2.04. The molecule has 0 amide bonds. The molecule has 0 aromatic heterocycles. The van der Waals surface area contributed by atoms with Gasteiger partial charge in [-0.2, -0.15) is 0 Å². The molecule has 1 aliphatic heterocycles. The van der Waals surface area contributed by atoms with Gasteiger partial charge in [-0.25, -0.2) is 4.99 Å². The van der Waals surface area contributed by atoms with Crippen molar-refractivity contribution in [3.05, 3.63) is 29.3 Å². The number of carbonyl (C=O) groups is 1. The van der Waals surface area contributed by atoms with Crippen molar-refractivity contribution in [3.63, 3.8) is 0 Å². The molecule has 1 heterocycles. The van der Waals surface area contributed by atoms with Crippen molar-refractivity contribution in [2.75, 3.05) is 13.7 Å². The summed E-state index contributed by atoms with van der Waals surface area (Å²) in [5, 5.41) is 0. The zero-order chi connectivity index (χ0) is 15.3. The first-order valence-electron chi connectivity index (χ1n) is 7.39. The number of benzene rings is 1. The molecule has 0 bridgehead atoms. The van der Waals surface area contributed by atoms with Crippen LogP contribution in [0.4, 0.5) is 0 Å². The van der Waals surface area contributed by atoms with Crippen LogP contribution in [0.25, 0.3) is 0 Å². The molecule has 21 heavy (non-hydrogen) atoms. The second-order valence-electron chi connectivity index (χ2n) is 5.95. The zero-order valence-corrected chi connectivity index (χ0v) is 13.0. The Kier molecular flexibility index (Phi) is 4.99. The number of hydrogen-bond donors (Lipinski definition) is 0. The van der Waals surface area contributed by atoms with Gasteiger partial charge in [-0.15, -0.1) is 0 Å². The highest BCUT2D eigenvalue weighted by atomic mass is 16.5. The Bertz CT molecular complexity index is 535. The summed E-state index contributed by atoms with van der Waals surface area (Å²) in [6.45, 7) is 4.74. The molecule has 0 saturated carbocycles. The molecule has 114 valence electrons. The van der Waals surface area contributed by atoms with E-state index in [0.29, 0.717) is 18.9 Å². The van der Waals surface area contributed by atoms with Crippen LogP contribution in [0.1, 0.15) is 44.2 Å². The Labute approximate surface area is 126 Å². The Morgan fingerprint density at radius 2 is 2.19 bits per heavy atom. The fraction of sp³-hybridized carbons (Fsp3) is 0.529. The van der Waals surface area contributed by atoms with E-state index >= 15 is 0 Å². The number of ether oxygens (including phenoxy) is 2. The van der Waals surface area contributed by atoms with Gasteiger partial charge in [0.1, 0.15) is 18.6 Å². The van der Waals surface area contributed by atoms with Crippen molar-refractivity contribution in [3.8, 4) is 5.75 Å². The number of aldehydes is 1. The van der Waals surface area contributed by atoms with E-state index in [-0.39, 0.29) is 5.54 Å². The predicted molar refractivity (Wildman–Crippen MR) is 83.2 cm³/mol. The van der Waals surface area contributed by atoms with Gasteiger partial charge in [0, 0.05) is 12.0 Å². The molecule has 0 unspecified atom stereocenters. The van der Waals surface area contributed by atoms with Gasteiger partial charge in [0.2, 0.25) is 5.90 Å². The summed E-state index contributed by atoms with van der Waals surface area (Å²) in [7, 11) is 1.66. The number of carbonyl (C=O) groups excluding carboxylic acids is 1. The van der Waals surface area contributed by atoms with Gasteiger partial charge < -0.3 is 14.3 Å². The average molecular weight is 289 g/mol. The lowest BCUT2D eigenvalue weighted by Gasteiger charge is -2.11. The fourth-order valence-electron chi connectivity index (χ4n) is 2.38. The van der Waals surface area contributed by atoms with Crippen molar-refractivity contribution in [1.82, 2.24) is 0 Å². The Balaban J connectivity index is 2.21. The predicted octanol–water partition coefficient (Wildman–Crippen LogP) is 3.16. The summed E-state index contributed by atoms with van der Waals surface area (Å²) < 4.78 is 11.1. The highest BCUT2D eigenvalue weighted by Gasteiger charge is 2.28. The summed E-state index contributed by atoms with van der Waals surface area (Å²) in [5.74, 6) is 1.55. The smallest absolute Gasteiger partial charge is 0.217 e. The number of nitrogens with zero attached hydrogens (tertiary/aromatic N) is 1. The quantitative estimate of drug-likeness (QED) is 0.572. The van der Waals surface area contributed by atoms with E-state index in [1.807, 2.05) is 18.2 Å². The lowest BCUT2D eigenvalue weighted by atomic mass is 10.0. The van der Waals surface area contributed by atoms with Crippen molar-refractivity contribution < 1.29 is 14.3 Å². The third-order valence-electron chi connectivity index (χ3n) is 3.53. The topological polar surface area (TPSA) is 47.9 Å². The van der Waals surface area contributed by atoms with Gasteiger partial charge in [0.15, 0.2) is 0 Å². The minimum Gasteiger partial charge on any atom is -0.497 e. The maximum atomic E-state index is 10.4. The molecule has 1 aromatic rings. The molecule has 0 radical (unpaired) electrons. The fourth-order valence-corrected chi connectivity index (χ4v) is 2.38. The number of methoxy groups -OCH3 is 1. The first-order chi connectivity index (χ1) is 10.1. The van der Waals surface area contributed by atoms with Crippen molar-refractivity contribution in [2.45, 2.75) is 45.1 Å². The van der Waals surface area contributed by atoms with Gasteiger partial charge in [0.05, 0.1) is 12.6 Å². The number of hydrogen-bond acceptors (Lipinski definition) is 4. The molecule has 0 fully saturated rings. The van der Waals surface area contributed by atoms with E-state index in [1.165, 1.54) is 0 Å². The normalized spacial score (nSPS) is 16.2. The van der Waals surface area contributed by atoms with Crippen LogP contribution in [-0.2, 0) is 16.0 Å². The summed E-state index contributed by atoms with van der Waals surface area (Å²) in [6, 6.07) is 5.98. The van der Waals surface area contributed by atoms with Crippen LogP contribution in [0.5, 0.6) is 5.75 Å². The molecule has 0 spiro atoms. The average Bonchev–Trinajstić information content (AvgIpc) is 2.83. The minimum atomic E-state index is -0.163. The molecule has 1 aliphatic rings. The standard InChI is InChI=1S/C17H23NO3/c1-17(2)12-21-16(18-17)15-9-8-14(20-3)11-13(15)7-5-4-6-10-19/h8-11H,4-7,12H2,1-3H3. The Morgan fingerprint density at radius 1 is 1.38 bits per heavy atom. The highest BCUT2D eigenvalue weighted by Crippen LogP contribution is 2.26. The highest BCUT2D eigenvalue weighted by molar-refractivity contribution is 5.97. The van der Waals surface area contributed by atoms with Gasteiger partial charge in [-0.3, -0.25) is 0 Å².